The summed E-state index contributed by atoms with van der Waals surface area (Å²) in [5.74, 6) is 0.732. The first-order valence-corrected chi connectivity index (χ1v) is 8.04. The van der Waals surface area contributed by atoms with Crippen LogP contribution >= 0.6 is 0 Å². The van der Waals surface area contributed by atoms with Gasteiger partial charge in [-0.2, -0.15) is 0 Å². The Hall–Kier alpha value is -1.82. The fourth-order valence-electron chi connectivity index (χ4n) is 3.71. The molecule has 0 aromatic carbocycles. The molecule has 2 N–H and O–H groups in total. The number of hydrogen-bond acceptors (Lipinski definition) is 4. The van der Waals surface area contributed by atoms with Gasteiger partial charge in [-0.3, -0.25) is 9.69 Å². The number of furan rings is 1. The summed E-state index contributed by atoms with van der Waals surface area (Å²) in [5, 5.41) is 6.34. The Kier molecular flexibility index (Phi) is 4.20. The number of rotatable bonds is 5. The van der Waals surface area contributed by atoms with Gasteiger partial charge in [0.15, 0.2) is 0 Å². The van der Waals surface area contributed by atoms with Crippen molar-refractivity contribution < 1.29 is 14.0 Å². The van der Waals surface area contributed by atoms with Crippen LogP contribution in [0.5, 0.6) is 0 Å². The largest absolute Gasteiger partial charge is 0.467 e. The molecule has 0 saturated carbocycles. The molecule has 1 unspecified atom stereocenters. The van der Waals surface area contributed by atoms with Crippen LogP contribution in [-0.4, -0.2) is 35.5 Å². The van der Waals surface area contributed by atoms with Crippen molar-refractivity contribution >= 4 is 11.9 Å². The van der Waals surface area contributed by atoms with Crippen molar-refractivity contribution in [1.29, 1.82) is 0 Å². The lowest BCUT2D eigenvalue weighted by Crippen LogP contribution is -2.55. The Labute approximate surface area is 130 Å². The van der Waals surface area contributed by atoms with Crippen molar-refractivity contribution in [1.82, 2.24) is 15.5 Å². The minimum atomic E-state index is -0.736. The molecule has 1 aromatic heterocycles. The molecule has 3 amide bonds. The monoisotopic (exact) mass is 305 g/mol. The van der Waals surface area contributed by atoms with E-state index >= 15 is 0 Å². The Morgan fingerprint density at radius 3 is 2.77 bits per heavy atom. The molecule has 2 saturated heterocycles. The van der Waals surface area contributed by atoms with Gasteiger partial charge in [-0.1, -0.05) is 13.3 Å². The number of carbonyl (C=O) groups excluding carboxylic acids is 2. The molecule has 3 rings (SSSR count). The summed E-state index contributed by atoms with van der Waals surface area (Å²) in [5.41, 5.74) is -0.736. The van der Waals surface area contributed by atoms with E-state index in [0.29, 0.717) is 12.2 Å². The Morgan fingerprint density at radius 2 is 2.14 bits per heavy atom. The van der Waals surface area contributed by atoms with E-state index in [0.717, 1.165) is 32.4 Å². The van der Waals surface area contributed by atoms with Crippen LogP contribution in [0.25, 0.3) is 0 Å². The summed E-state index contributed by atoms with van der Waals surface area (Å²) in [6.07, 6.45) is 4.95. The van der Waals surface area contributed by atoms with E-state index in [2.05, 4.69) is 17.6 Å². The van der Waals surface area contributed by atoms with Gasteiger partial charge in [-0.05, 0) is 50.4 Å². The number of nitrogens with one attached hydrogen (secondary N) is 2. The van der Waals surface area contributed by atoms with Crippen molar-refractivity contribution in [2.45, 2.75) is 44.7 Å². The van der Waals surface area contributed by atoms with Crippen molar-refractivity contribution in [3.63, 3.8) is 0 Å². The molecule has 1 aromatic rings. The summed E-state index contributed by atoms with van der Waals surface area (Å²) < 4.78 is 5.28. The minimum Gasteiger partial charge on any atom is -0.467 e. The van der Waals surface area contributed by atoms with Crippen molar-refractivity contribution in [2.24, 2.45) is 5.92 Å². The second-order valence-corrected chi connectivity index (χ2v) is 6.15. The van der Waals surface area contributed by atoms with Crippen LogP contribution in [0.1, 0.15) is 38.4 Å². The third kappa shape index (κ3) is 2.52. The van der Waals surface area contributed by atoms with Crippen molar-refractivity contribution in [2.75, 3.05) is 13.1 Å². The second kappa shape index (κ2) is 6.12. The topological polar surface area (TPSA) is 74.6 Å². The van der Waals surface area contributed by atoms with Gasteiger partial charge in [-0.15, -0.1) is 0 Å². The highest BCUT2D eigenvalue weighted by Gasteiger charge is 2.54. The van der Waals surface area contributed by atoms with Gasteiger partial charge < -0.3 is 15.1 Å². The number of piperidine rings is 1. The van der Waals surface area contributed by atoms with E-state index < -0.39 is 5.54 Å². The van der Waals surface area contributed by atoms with Gasteiger partial charge in [0.1, 0.15) is 11.3 Å². The third-order valence-corrected chi connectivity index (χ3v) is 4.78. The average molecular weight is 305 g/mol. The SMILES string of the molecule is CCCC1(C2CCNCC2)NC(=O)N(Cc2ccco2)C1=O. The van der Waals surface area contributed by atoms with Gasteiger partial charge in [0.2, 0.25) is 0 Å². The third-order valence-electron chi connectivity index (χ3n) is 4.78. The molecule has 0 aliphatic carbocycles. The molecule has 0 spiro atoms. The maximum Gasteiger partial charge on any atom is 0.325 e. The predicted octanol–water partition coefficient (Wildman–Crippen LogP) is 1.87. The zero-order chi connectivity index (χ0) is 15.6. The summed E-state index contributed by atoms with van der Waals surface area (Å²) in [7, 11) is 0. The van der Waals surface area contributed by atoms with E-state index in [-0.39, 0.29) is 24.4 Å². The molecule has 2 fully saturated rings. The quantitative estimate of drug-likeness (QED) is 0.814. The summed E-state index contributed by atoms with van der Waals surface area (Å²) in [6, 6.07) is 3.25. The molecule has 22 heavy (non-hydrogen) atoms. The van der Waals surface area contributed by atoms with Gasteiger partial charge in [0.05, 0.1) is 12.8 Å². The van der Waals surface area contributed by atoms with E-state index in [4.69, 9.17) is 4.42 Å². The van der Waals surface area contributed by atoms with E-state index in [1.807, 2.05) is 0 Å². The zero-order valence-electron chi connectivity index (χ0n) is 12.9. The smallest absolute Gasteiger partial charge is 0.325 e. The van der Waals surface area contributed by atoms with Gasteiger partial charge in [0, 0.05) is 0 Å². The standard InChI is InChI=1S/C16H23N3O3/c1-2-7-16(12-5-8-17-9-6-12)14(20)19(15(21)18-16)11-13-4-3-10-22-13/h3-4,10,12,17H,2,5-9,11H2,1H3,(H,18,21). The number of nitrogens with zero attached hydrogens (tertiary/aromatic N) is 1. The highest BCUT2D eigenvalue weighted by molar-refractivity contribution is 6.07. The summed E-state index contributed by atoms with van der Waals surface area (Å²) >= 11 is 0. The Balaban J connectivity index is 1.84. The molecule has 0 radical (unpaired) electrons. The molecular formula is C16H23N3O3. The molecule has 2 aliphatic rings. The lowest BCUT2D eigenvalue weighted by atomic mass is 9.75. The summed E-state index contributed by atoms with van der Waals surface area (Å²) in [4.78, 5) is 26.7. The predicted molar refractivity (Wildman–Crippen MR) is 81.0 cm³/mol. The fraction of sp³-hybridized carbons (Fsp3) is 0.625. The first kappa shape index (κ1) is 15.1. The number of imide groups is 1. The maximum absolute atomic E-state index is 13.0. The Bertz CT molecular complexity index is 537. The van der Waals surface area contributed by atoms with Crippen molar-refractivity contribution in [3.05, 3.63) is 24.2 Å². The van der Waals surface area contributed by atoms with Crippen LogP contribution in [0, 0.1) is 5.92 Å². The molecule has 0 bridgehead atoms. The van der Waals surface area contributed by atoms with Gasteiger partial charge in [0.25, 0.3) is 5.91 Å². The van der Waals surface area contributed by atoms with E-state index in [1.54, 1.807) is 18.4 Å². The molecule has 3 heterocycles. The lowest BCUT2D eigenvalue weighted by molar-refractivity contribution is -0.134. The minimum absolute atomic E-state index is 0.0948. The van der Waals surface area contributed by atoms with Crippen molar-refractivity contribution in [3.8, 4) is 0 Å². The molecule has 6 heteroatoms. The molecule has 6 nitrogen and oxygen atoms in total. The number of carbonyl (C=O) groups is 2. The molecule has 1 atom stereocenters. The maximum atomic E-state index is 13.0. The first-order valence-electron chi connectivity index (χ1n) is 8.04. The normalized spacial score (nSPS) is 26.5. The highest BCUT2D eigenvalue weighted by Crippen LogP contribution is 2.36. The molecule has 2 aliphatic heterocycles. The van der Waals surface area contributed by atoms with Crippen LogP contribution in [0.15, 0.2) is 22.8 Å². The second-order valence-electron chi connectivity index (χ2n) is 6.15. The van der Waals surface area contributed by atoms with Crippen LogP contribution in [0.4, 0.5) is 4.79 Å². The van der Waals surface area contributed by atoms with Crippen LogP contribution in [0.3, 0.4) is 0 Å². The van der Waals surface area contributed by atoms with Crippen LogP contribution in [0.2, 0.25) is 0 Å². The Morgan fingerprint density at radius 1 is 1.36 bits per heavy atom. The van der Waals surface area contributed by atoms with E-state index in [1.165, 1.54) is 4.90 Å². The highest BCUT2D eigenvalue weighted by atomic mass is 16.3. The molecule has 120 valence electrons. The van der Waals surface area contributed by atoms with Gasteiger partial charge in [-0.25, -0.2) is 4.79 Å². The zero-order valence-corrected chi connectivity index (χ0v) is 12.9. The number of amides is 3. The average Bonchev–Trinajstić information content (AvgIpc) is 3.12. The fourth-order valence-corrected chi connectivity index (χ4v) is 3.71. The van der Waals surface area contributed by atoms with Crippen LogP contribution in [-0.2, 0) is 11.3 Å². The van der Waals surface area contributed by atoms with Gasteiger partial charge >= 0.3 is 6.03 Å². The lowest BCUT2D eigenvalue weighted by Gasteiger charge is -2.37. The molecular weight excluding hydrogens is 282 g/mol. The number of urea groups is 1. The van der Waals surface area contributed by atoms with Crippen LogP contribution < -0.4 is 10.6 Å². The first-order chi connectivity index (χ1) is 10.7. The summed E-state index contributed by atoms with van der Waals surface area (Å²) in [6.45, 7) is 4.06. The number of hydrogen-bond donors (Lipinski definition) is 2. The van der Waals surface area contributed by atoms with E-state index in [9.17, 15) is 9.59 Å².